The van der Waals surface area contributed by atoms with E-state index < -0.39 is 0 Å². The molecule has 8 nitrogen and oxygen atoms in total. The van der Waals surface area contributed by atoms with Crippen LogP contribution in [-0.2, 0) is 38.1 Å². The molecule has 2 rings (SSSR count). The van der Waals surface area contributed by atoms with E-state index in [2.05, 4.69) is 0 Å². The molecule has 32 heavy (non-hydrogen) atoms. The molecule has 0 spiro atoms. The molecule has 2 aliphatic rings. The fraction of sp³-hybridized carbons (Fsp3) is 0.833. The second-order valence-electron chi connectivity index (χ2n) is 8.71. The minimum absolute atomic E-state index is 0.0292. The quantitative estimate of drug-likeness (QED) is 0.265. The van der Waals surface area contributed by atoms with E-state index in [0.717, 1.165) is 12.8 Å². The van der Waals surface area contributed by atoms with Gasteiger partial charge in [-0.25, -0.2) is 0 Å². The maximum atomic E-state index is 12.3. The molecular weight excluding hydrogens is 416 g/mol. The van der Waals surface area contributed by atoms with Gasteiger partial charge in [-0.1, -0.05) is 13.3 Å². The summed E-state index contributed by atoms with van der Waals surface area (Å²) in [7, 11) is 0. The van der Waals surface area contributed by atoms with Gasteiger partial charge < -0.3 is 18.9 Å². The molecule has 0 radical (unpaired) electrons. The predicted molar refractivity (Wildman–Crippen MR) is 115 cm³/mol. The second kappa shape index (κ2) is 14.1. The number of esters is 4. The highest BCUT2D eigenvalue weighted by Gasteiger charge is 2.33. The van der Waals surface area contributed by atoms with Crippen LogP contribution >= 0.6 is 0 Å². The number of carbonyl (C=O) groups excluding carboxylic acids is 4. The molecule has 0 heterocycles. The molecule has 0 aromatic carbocycles. The Morgan fingerprint density at radius 1 is 0.531 bits per heavy atom. The lowest BCUT2D eigenvalue weighted by Crippen LogP contribution is -2.30. The zero-order chi connectivity index (χ0) is 23.3. The average Bonchev–Trinajstić information content (AvgIpc) is 2.82. The smallest absolute Gasteiger partial charge is 0.309 e. The molecule has 0 aromatic heterocycles. The van der Waals surface area contributed by atoms with Crippen molar-refractivity contribution in [3.63, 3.8) is 0 Å². The van der Waals surface area contributed by atoms with Gasteiger partial charge in [0.2, 0.25) is 0 Å². The van der Waals surface area contributed by atoms with E-state index in [4.69, 9.17) is 18.9 Å². The Balaban J connectivity index is 1.56. The highest BCUT2D eigenvalue weighted by Crippen LogP contribution is 2.31. The lowest BCUT2D eigenvalue weighted by Gasteiger charge is -2.26. The summed E-state index contributed by atoms with van der Waals surface area (Å²) in [5.41, 5.74) is 0. The van der Waals surface area contributed by atoms with E-state index in [1.807, 2.05) is 6.92 Å². The molecule has 2 aliphatic carbocycles. The molecule has 182 valence electrons. The van der Waals surface area contributed by atoms with Crippen molar-refractivity contribution in [2.75, 3.05) is 26.4 Å². The van der Waals surface area contributed by atoms with E-state index in [1.54, 1.807) is 6.92 Å². The minimum Gasteiger partial charge on any atom is -0.466 e. The predicted octanol–water partition coefficient (Wildman–Crippen LogP) is 3.59. The maximum Gasteiger partial charge on any atom is 0.309 e. The number of carbonyl (C=O) groups is 4. The Kier molecular flexibility index (Phi) is 11.5. The molecule has 0 bridgehead atoms. The monoisotopic (exact) mass is 454 g/mol. The first-order valence-electron chi connectivity index (χ1n) is 12.1. The van der Waals surface area contributed by atoms with E-state index in [0.29, 0.717) is 64.6 Å². The second-order valence-corrected chi connectivity index (χ2v) is 8.71. The summed E-state index contributed by atoms with van der Waals surface area (Å²) < 4.78 is 20.9. The fourth-order valence-corrected chi connectivity index (χ4v) is 4.34. The van der Waals surface area contributed by atoms with Gasteiger partial charge in [-0.2, -0.15) is 0 Å². The van der Waals surface area contributed by atoms with Crippen molar-refractivity contribution in [3.8, 4) is 0 Å². The van der Waals surface area contributed by atoms with Crippen molar-refractivity contribution in [1.29, 1.82) is 0 Å². The highest BCUT2D eigenvalue weighted by atomic mass is 16.6. The summed E-state index contributed by atoms with van der Waals surface area (Å²) in [6, 6.07) is 0. The van der Waals surface area contributed by atoms with Gasteiger partial charge in [0.25, 0.3) is 0 Å². The van der Waals surface area contributed by atoms with Crippen LogP contribution in [0.5, 0.6) is 0 Å². The van der Waals surface area contributed by atoms with Crippen molar-refractivity contribution in [2.24, 2.45) is 23.7 Å². The first-order valence-corrected chi connectivity index (χ1v) is 12.1. The van der Waals surface area contributed by atoms with Crippen molar-refractivity contribution in [2.45, 2.75) is 78.1 Å². The number of hydrogen-bond donors (Lipinski definition) is 0. The van der Waals surface area contributed by atoms with Crippen LogP contribution < -0.4 is 0 Å². The van der Waals surface area contributed by atoms with E-state index in [-0.39, 0.29) is 60.8 Å². The van der Waals surface area contributed by atoms with Gasteiger partial charge in [0.15, 0.2) is 0 Å². The molecule has 8 heteroatoms. The van der Waals surface area contributed by atoms with Crippen LogP contribution in [0.15, 0.2) is 0 Å². The molecule has 0 aliphatic heterocycles. The first-order chi connectivity index (χ1) is 15.5. The lowest BCUT2D eigenvalue weighted by atomic mass is 9.82. The SMILES string of the molecule is CCCCOC(=O)C1CCC(C(=O)OCCOC(=O)C2CCC(C(=O)OCC)CC2)CC1. The Hall–Kier alpha value is -2.12. The van der Waals surface area contributed by atoms with Gasteiger partial charge in [-0.05, 0) is 64.7 Å². The Labute approximate surface area is 190 Å². The van der Waals surface area contributed by atoms with Crippen LogP contribution in [0.25, 0.3) is 0 Å². The topological polar surface area (TPSA) is 105 Å². The minimum atomic E-state index is -0.301. The number of rotatable bonds is 11. The summed E-state index contributed by atoms with van der Waals surface area (Å²) in [5, 5.41) is 0. The van der Waals surface area contributed by atoms with Crippen molar-refractivity contribution >= 4 is 23.9 Å². The van der Waals surface area contributed by atoms with Gasteiger partial charge in [0.05, 0.1) is 36.9 Å². The van der Waals surface area contributed by atoms with Gasteiger partial charge in [-0.3, -0.25) is 19.2 Å². The van der Waals surface area contributed by atoms with Crippen LogP contribution in [0.1, 0.15) is 78.1 Å². The van der Waals surface area contributed by atoms with Crippen LogP contribution in [-0.4, -0.2) is 50.3 Å². The molecule has 2 fully saturated rings. The molecule has 0 atom stereocenters. The normalized spacial score (nSPS) is 25.4. The molecule has 0 N–H and O–H groups in total. The maximum absolute atomic E-state index is 12.3. The fourth-order valence-electron chi connectivity index (χ4n) is 4.34. The molecule has 0 unspecified atom stereocenters. The van der Waals surface area contributed by atoms with Crippen LogP contribution in [0.4, 0.5) is 0 Å². The molecule has 0 saturated heterocycles. The van der Waals surface area contributed by atoms with Gasteiger partial charge in [0, 0.05) is 0 Å². The largest absolute Gasteiger partial charge is 0.466 e. The lowest BCUT2D eigenvalue weighted by molar-refractivity contribution is -0.160. The van der Waals surface area contributed by atoms with E-state index in [9.17, 15) is 19.2 Å². The van der Waals surface area contributed by atoms with E-state index >= 15 is 0 Å². The van der Waals surface area contributed by atoms with Gasteiger partial charge in [-0.15, -0.1) is 0 Å². The first kappa shape index (κ1) is 26.1. The van der Waals surface area contributed by atoms with Crippen LogP contribution in [0, 0.1) is 23.7 Å². The van der Waals surface area contributed by atoms with E-state index in [1.165, 1.54) is 0 Å². The Bertz CT molecular complexity index is 615. The zero-order valence-corrected chi connectivity index (χ0v) is 19.5. The Morgan fingerprint density at radius 3 is 1.16 bits per heavy atom. The van der Waals surface area contributed by atoms with Gasteiger partial charge >= 0.3 is 23.9 Å². The summed E-state index contributed by atoms with van der Waals surface area (Å²) in [6.45, 7) is 4.72. The third kappa shape index (κ3) is 8.43. The number of hydrogen-bond acceptors (Lipinski definition) is 8. The Morgan fingerprint density at radius 2 is 0.844 bits per heavy atom. The van der Waals surface area contributed by atoms with Crippen LogP contribution in [0.3, 0.4) is 0 Å². The third-order valence-corrected chi connectivity index (χ3v) is 6.39. The third-order valence-electron chi connectivity index (χ3n) is 6.39. The zero-order valence-electron chi connectivity index (χ0n) is 19.5. The average molecular weight is 455 g/mol. The molecule has 2 saturated carbocycles. The van der Waals surface area contributed by atoms with Crippen molar-refractivity contribution in [1.82, 2.24) is 0 Å². The van der Waals surface area contributed by atoms with Crippen LogP contribution in [0.2, 0.25) is 0 Å². The van der Waals surface area contributed by atoms with Crippen molar-refractivity contribution in [3.05, 3.63) is 0 Å². The summed E-state index contributed by atoms with van der Waals surface area (Å²) in [5.74, 6) is -1.64. The summed E-state index contributed by atoms with van der Waals surface area (Å²) in [4.78, 5) is 48.3. The summed E-state index contributed by atoms with van der Waals surface area (Å²) in [6.07, 6.45) is 6.79. The van der Waals surface area contributed by atoms with Crippen molar-refractivity contribution < 1.29 is 38.1 Å². The molecular formula is C24H38O8. The molecule has 0 amide bonds. The summed E-state index contributed by atoms with van der Waals surface area (Å²) >= 11 is 0. The number of ether oxygens (including phenoxy) is 4. The standard InChI is InChI=1S/C24H38O8/c1-3-5-14-30-22(26)18-10-12-20(13-11-18)24(28)32-16-15-31-23(27)19-8-6-17(7-9-19)21(25)29-4-2/h17-20H,3-16H2,1-2H3. The van der Waals surface area contributed by atoms with Gasteiger partial charge in [0.1, 0.15) is 13.2 Å². The highest BCUT2D eigenvalue weighted by molar-refractivity contribution is 5.76. The molecule has 0 aromatic rings. The number of unbranched alkanes of at least 4 members (excludes halogenated alkanes) is 1.